The van der Waals surface area contributed by atoms with Gasteiger partial charge in [-0.1, -0.05) is 20.8 Å². The monoisotopic (exact) mass is 228 g/mol. The number of carbonyl (C=O) groups excluding carboxylic acids is 2. The summed E-state index contributed by atoms with van der Waals surface area (Å²) in [5, 5.41) is 20.1. The van der Waals surface area contributed by atoms with Gasteiger partial charge in [0.05, 0.1) is 0 Å². The number of hydrogen-bond donors (Lipinski definition) is 2. The summed E-state index contributed by atoms with van der Waals surface area (Å²) >= 11 is 0. The van der Waals surface area contributed by atoms with Crippen molar-refractivity contribution in [1.82, 2.24) is 0 Å². The summed E-state index contributed by atoms with van der Waals surface area (Å²) in [6.07, 6.45) is 1.85. The second kappa shape index (κ2) is 3.93. The smallest absolute Gasteiger partial charge is 0.158 e. The Balaban J connectivity index is 2.99. The van der Waals surface area contributed by atoms with Gasteiger partial charge in [0.25, 0.3) is 0 Å². The Morgan fingerprint density at radius 3 is 2.19 bits per heavy atom. The molecule has 0 bridgehead atoms. The molecule has 1 unspecified atom stereocenters. The van der Waals surface area contributed by atoms with Crippen molar-refractivity contribution in [2.75, 3.05) is 0 Å². The minimum atomic E-state index is -1.93. The summed E-state index contributed by atoms with van der Waals surface area (Å²) in [7, 11) is 0. The van der Waals surface area contributed by atoms with Crippen molar-refractivity contribution in [3.63, 3.8) is 0 Å². The Morgan fingerprint density at radius 1 is 1.25 bits per heavy atom. The number of rotatable bonds is 3. The maximum atomic E-state index is 11.0. The summed E-state index contributed by atoms with van der Waals surface area (Å²) in [6, 6.07) is 0. The zero-order chi connectivity index (χ0) is 12.6. The fourth-order valence-corrected chi connectivity index (χ4v) is 2.52. The van der Waals surface area contributed by atoms with Crippen molar-refractivity contribution in [2.24, 2.45) is 11.3 Å². The van der Waals surface area contributed by atoms with Crippen molar-refractivity contribution in [3.8, 4) is 0 Å². The highest BCUT2D eigenvalue weighted by Crippen LogP contribution is 2.46. The van der Waals surface area contributed by atoms with Crippen molar-refractivity contribution in [1.29, 1.82) is 0 Å². The molecular weight excluding hydrogens is 208 g/mol. The fraction of sp³-hybridized carbons (Fsp3) is 0.833. The molecule has 0 heterocycles. The van der Waals surface area contributed by atoms with Crippen LogP contribution in [0.5, 0.6) is 0 Å². The van der Waals surface area contributed by atoms with E-state index < -0.39 is 11.2 Å². The maximum Gasteiger partial charge on any atom is 0.158 e. The molecule has 0 aromatic rings. The topological polar surface area (TPSA) is 74.6 Å². The van der Waals surface area contributed by atoms with Crippen molar-refractivity contribution < 1.29 is 19.8 Å². The van der Waals surface area contributed by atoms with E-state index in [9.17, 15) is 19.8 Å². The van der Waals surface area contributed by atoms with Gasteiger partial charge in [-0.05, 0) is 30.6 Å². The normalized spacial score (nSPS) is 39.7. The first kappa shape index (κ1) is 13.3. The van der Waals surface area contributed by atoms with E-state index in [0.29, 0.717) is 25.4 Å². The van der Waals surface area contributed by atoms with E-state index >= 15 is 0 Å². The molecule has 0 radical (unpaired) electrons. The third-order valence-electron chi connectivity index (χ3n) is 3.42. The van der Waals surface area contributed by atoms with Crippen LogP contribution in [0.2, 0.25) is 0 Å². The highest BCUT2D eigenvalue weighted by Gasteiger charge is 2.59. The van der Waals surface area contributed by atoms with E-state index in [4.69, 9.17) is 0 Å². The van der Waals surface area contributed by atoms with Crippen LogP contribution in [0.3, 0.4) is 0 Å². The lowest BCUT2D eigenvalue weighted by Gasteiger charge is -2.35. The first-order chi connectivity index (χ1) is 7.18. The van der Waals surface area contributed by atoms with E-state index in [1.54, 1.807) is 0 Å². The summed E-state index contributed by atoms with van der Waals surface area (Å²) in [4.78, 5) is 21.9. The molecule has 1 aliphatic rings. The lowest BCUT2D eigenvalue weighted by molar-refractivity contribution is -0.167. The van der Waals surface area contributed by atoms with Crippen LogP contribution in [0.15, 0.2) is 0 Å². The molecule has 16 heavy (non-hydrogen) atoms. The molecule has 1 saturated carbocycles. The summed E-state index contributed by atoms with van der Waals surface area (Å²) in [5.41, 5.74) is -3.90. The largest absolute Gasteiger partial charge is 0.379 e. The lowest BCUT2D eigenvalue weighted by Crippen LogP contribution is -2.56. The average Bonchev–Trinajstić information content (AvgIpc) is 2.42. The predicted molar refractivity (Wildman–Crippen MR) is 58.8 cm³/mol. The second-order valence-corrected chi connectivity index (χ2v) is 5.99. The SMILES string of the molecule is CC(C)(C)CC1CC[C@](O)(C=O)[C@@]1(O)C=O. The Hall–Kier alpha value is -0.740. The van der Waals surface area contributed by atoms with Gasteiger partial charge in [-0.2, -0.15) is 0 Å². The van der Waals surface area contributed by atoms with Gasteiger partial charge < -0.3 is 15.0 Å². The molecule has 0 aliphatic heterocycles. The molecule has 3 atom stereocenters. The summed E-state index contributed by atoms with van der Waals surface area (Å²) < 4.78 is 0. The molecule has 92 valence electrons. The van der Waals surface area contributed by atoms with E-state index in [2.05, 4.69) is 0 Å². The van der Waals surface area contributed by atoms with Crippen LogP contribution in [0.25, 0.3) is 0 Å². The first-order valence-electron chi connectivity index (χ1n) is 5.56. The molecule has 0 aromatic carbocycles. The van der Waals surface area contributed by atoms with Crippen LogP contribution in [0.1, 0.15) is 40.0 Å². The van der Waals surface area contributed by atoms with E-state index in [-0.39, 0.29) is 17.8 Å². The van der Waals surface area contributed by atoms with Crippen molar-refractivity contribution in [2.45, 2.75) is 51.2 Å². The lowest BCUT2D eigenvalue weighted by atomic mass is 9.75. The highest BCUT2D eigenvalue weighted by molar-refractivity contribution is 5.79. The van der Waals surface area contributed by atoms with Crippen LogP contribution in [-0.2, 0) is 9.59 Å². The molecule has 1 aliphatic carbocycles. The van der Waals surface area contributed by atoms with Gasteiger partial charge in [0.2, 0.25) is 0 Å². The average molecular weight is 228 g/mol. The van der Waals surface area contributed by atoms with Crippen molar-refractivity contribution >= 4 is 12.6 Å². The molecule has 1 fully saturated rings. The number of aldehydes is 2. The van der Waals surface area contributed by atoms with Crippen LogP contribution in [0.4, 0.5) is 0 Å². The quantitative estimate of drug-likeness (QED) is 0.697. The first-order valence-corrected chi connectivity index (χ1v) is 5.56. The number of carbonyl (C=O) groups is 2. The highest BCUT2D eigenvalue weighted by atomic mass is 16.4. The van der Waals surface area contributed by atoms with Crippen LogP contribution >= 0.6 is 0 Å². The molecule has 1 rings (SSSR count). The van der Waals surface area contributed by atoms with E-state index in [1.807, 2.05) is 20.8 Å². The second-order valence-electron chi connectivity index (χ2n) is 5.99. The molecular formula is C12H20O4. The molecule has 0 saturated heterocycles. The van der Waals surface area contributed by atoms with Gasteiger partial charge in [0.15, 0.2) is 23.8 Å². The minimum Gasteiger partial charge on any atom is -0.379 e. The van der Waals surface area contributed by atoms with Gasteiger partial charge in [-0.15, -0.1) is 0 Å². The zero-order valence-electron chi connectivity index (χ0n) is 10.1. The summed E-state index contributed by atoms with van der Waals surface area (Å²) in [6.45, 7) is 5.99. The van der Waals surface area contributed by atoms with E-state index in [1.165, 1.54) is 0 Å². The third-order valence-corrected chi connectivity index (χ3v) is 3.42. The van der Waals surface area contributed by atoms with Gasteiger partial charge in [0.1, 0.15) is 0 Å². The predicted octanol–water partition coefficient (Wildman–Crippen LogP) is 0.693. The zero-order valence-corrected chi connectivity index (χ0v) is 10.1. The molecule has 0 spiro atoms. The third kappa shape index (κ3) is 2.04. The van der Waals surface area contributed by atoms with Gasteiger partial charge >= 0.3 is 0 Å². The maximum absolute atomic E-state index is 11.0. The minimum absolute atomic E-state index is 0.0597. The number of hydrogen-bond acceptors (Lipinski definition) is 4. The summed E-state index contributed by atoms with van der Waals surface area (Å²) in [5.74, 6) is -0.361. The molecule has 0 amide bonds. The van der Waals surface area contributed by atoms with Gasteiger partial charge in [-0.3, -0.25) is 4.79 Å². The molecule has 2 N–H and O–H groups in total. The van der Waals surface area contributed by atoms with Crippen LogP contribution < -0.4 is 0 Å². The van der Waals surface area contributed by atoms with Crippen LogP contribution in [0, 0.1) is 11.3 Å². The molecule has 4 nitrogen and oxygen atoms in total. The Labute approximate surface area is 95.7 Å². The van der Waals surface area contributed by atoms with Gasteiger partial charge in [0, 0.05) is 0 Å². The van der Waals surface area contributed by atoms with Gasteiger partial charge in [-0.25, -0.2) is 0 Å². The molecule has 4 heteroatoms. The van der Waals surface area contributed by atoms with Crippen LogP contribution in [-0.4, -0.2) is 34.0 Å². The Morgan fingerprint density at radius 2 is 1.81 bits per heavy atom. The van der Waals surface area contributed by atoms with Crippen molar-refractivity contribution in [3.05, 3.63) is 0 Å². The van der Waals surface area contributed by atoms with E-state index in [0.717, 1.165) is 0 Å². The fourth-order valence-electron chi connectivity index (χ4n) is 2.52. The standard InChI is InChI=1S/C12H20O4/c1-10(2,3)6-9-4-5-11(15,7-13)12(9,16)8-14/h7-9,15-16H,4-6H2,1-3H3/t9?,11-,12+/m0/s1. The molecule has 0 aromatic heterocycles. The Bertz CT molecular complexity index is 294. The number of aliphatic hydroxyl groups is 2. The Kier molecular flexibility index (Phi) is 3.27.